The van der Waals surface area contributed by atoms with Crippen LogP contribution in [0.5, 0.6) is 0 Å². The molecule has 6 N–H and O–H groups in total. The normalized spacial score (nSPS) is 15.4. The van der Waals surface area contributed by atoms with Gasteiger partial charge in [0.25, 0.3) is 11.8 Å². The molecule has 3 amide bonds. The number of hydrogen-bond donors (Lipinski definition) is 6. The number of carboxylic acids is 1. The zero-order chi connectivity index (χ0) is 26.7. The Bertz CT molecular complexity index is 1260. The van der Waals surface area contributed by atoms with E-state index in [0.717, 1.165) is 11.1 Å². The summed E-state index contributed by atoms with van der Waals surface area (Å²) in [7, 11) is -2.30. The summed E-state index contributed by atoms with van der Waals surface area (Å²) in [5.41, 5.74) is 1.11. The number of rotatable bonds is 9. The van der Waals surface area contributed by atoms with Crippen molar-refractivity contribution in [3.63, 3.8) is 0 Å². The number of benzene rings is 2. The van der Waals surface area contributed by atoms with E-state index in [9.17, 15) is 29.2 Å². The van der Waals surface area contributed by atoms with Crippen molar-refractivity contribution in [2.24, 2.45) is 0 Å². The van der Waals surface area contributed by atoms with E-state index >= 15 is 0 Å². The molecule has 2 aliphatic rings. The van der Waals surface area contributed by atoms with E-state index in [2.05, 4.69) is 16.0 Å². The third-order valence-electron chi connectivity index (χ3n) is 6.26. The summed E-state index contributed by atoms with van der Waals surface area (Å²) in [6.45, 7) is 1.32. The third kappa shape index (κ3) is 5.83. The molecule has 0 aliphatic carbocycles. The van der Waals surface area contributed by atoms with Crippen molar-refractivity contribution in [1.29, 1.82) is 0 Å². The Balaban J connectivity index is 1.50. The van der Waals surface area contributed by atoms with Crippen LogP contribution >= 0.6 is 0 Å². The van der Waals surface area contributed by atoms with Crippen molar-refractivity contribution in [2.45, 2.75) is 32.1 Å². The molecule has 0 radical (unpaired) electrons. The summed E-state index contributed by atoms with van der Waals surface area (Å²) in [5, 5.41) is 36.4. The first-order chi connectivity index (χ1) is 17.6. The lowest BCUT2D eigenvalue weighted by atomic mass is 9.78. The molecule has 0 unspecified atom stereocenters. The second-order valence-electron chi connectivity index (χ2n) is 9.02. The van der Waals surface area contributed by atoms with Crippen molar-refractivity contribution < 1.29 is 43.6 Å². The second-order valence-corrected chi connectivity index (χ2v) is 9.02. The van der Waals surface area contributed by atoms with Gasteiger partial charge >= 0.3 is 20.2 Å². The highest BCUT2D eigenvalue weighted by Gasteiger charge is 2.37. The van der Waals surface area contributed by atoms with E-state index in [0.29, 0.717) is 10.9 Å². The Morgan fingerprint density at radius 2 is 1.43 bits per heavy atom. The predicted octanol–water partition coefficient (Wildman–Crippen LogP) is -2.37. The number of carbonyl (C=O) groups is 4. The van der Waals surface area contributed by atoms with Gasteiger partial charge in [0.05, 0.1) is 19.6 Å². The minimum Gasteiger partial charge on any atom is -0.481 e. The summed E-state index contributed by atoms with van der Waals surface area (Å²) in [6.07, 6.45) is -0.329. The highest BCUT2D eigenvalue weighted by Crippen LogP contribution is 2.14. The summed E-state index contributed by atoms with van der Waals surface area (Å²) >= 11 is 0. The van der Waals surface area contributed by atoms with E-state index in [4.69, 9.17) is 14.4 Å². The van der Waals surface area contributed by atoms with Crippen molar-refractivity contribution in [3.05, 3.63) is 58.7 Å². The van der Waals surface area contributed by atoms with Gasteiger partial charge in [0.2, 0.25) is 5.91 Å². The van der Waals surface area contributed by atoms with Crippen LogP contribution in [0.25, 0.3) is 0 Å². The summed E-state index contributed by atoms with van der Waals surface area (Å²) in [4.78, 5) is 49.8. The minimum absolute atomic E-state index is 0.159. The number of nitrogens with one attached hydrogen (secondary N) is 3. The predicted molar refractivity (Wildman–Crippen MR) is 131 cm³/mol. The number of carbonyl (C=O) groups excluding carboxylic acids is 3. The largest absolute Gasteiger partial charge is 0.491 e. The third-order valence-corrected chi connectivity index (χ3v) is 6.26. The highest BCUT2D eigenvalue weighted by molar-refractivity contribution is 6.62. The molecule has 14 heteroatoms. The van der Waals surface area contributed by atoms with Crippen LogP contribution in [0.2, 0.25) is 0 Å². The fraction of sp³-hybridized carbons (Fsp3) is 0.304. The van der Waals surface area contributed by atoms with E-state index in [1.807, 2.05) is 0 Å². The van der Waals surface area contributed by atoms with Crippen molar-refractivity contribution in [1.82, 2.24) is 16.0 Å². The van der Waals surface area contributed by atoms with Crippen LogP contribution in [0.4, 0.5) is 0 Å². The number of aliphatic carboxylic acids is 1. The maximum Gasteiger partial charge on any atom is 0.491 e. The molecule has 0 bridgehead atoms. The maximum absolute atomic E-state index is 13.1. The Morgan fingerprint density at radius 1 is 0.892 bits per heavy atom. The first-order valence-corrected chi connectivity index (χ1v) is 11.5. The van der Waals surface area contributed by atoms with Crippen LogP contribution in [0.3, 0.4) is 0 Å². The molecule has 0 spiro atoms. The second kappa shape index (κ2) is 10.7. The highest BCUT2D eigenvalue weighted by atomic mass is 16.5. The average molecular weight is 509 g/mol. The lowest BCUT2D eigenvalue weighted by molar-refractivity contribution is -0.137. The number of amides is 3. The fourth-order valence-electron chi connectivity index (χ4n) is 4.05. The number of fused-ring (bicyclic) bond motifs is 2. The van der Waals surface area contributed by atoms with Gasteiger partial charge < -0.3 is 40.4 Å². The molecule has 4 rings (SSSR count). The standard InChI is InChI=1S/C23H25B2N3O9/c1-23(22(33)26-7-6-19(29)30,28-21(32)14-3-5-16-11-37-25(35)18(16)9-14)12-27-20(31)13-2-4-15-10-36-24(34)17(15)8-13/h2-5,8-9,34-35H,6-7,10-12H2,1H3,(H,26,33)(H,27,31)(H,28,32)(H,29,30)/t23-/m0/s1. The zero-order valence-electron chi connectivity index (χ0n) is 19.9. The fourth-order valence-corrected chi connectivity index (χ4v) is 4.05. The SMILES string of the molecule is C[C@@](CNC(=O)c1ccc2c(c1)B(O)OC2)(NC(=O)c1ccc2c(c1)B(O)OC2)C(=O)NCCC(=O)O. The molecular weight excluding hydrogens is 484 g/mol. The van der Waals surface area contributed by atoms with Gasteiger partial charge in [-0.15, -0.1) is 0 Å². The average Bonchev–Trinajstić information content (AvgIpc) is 3.43. The molecule has 2 aliphatic heterocycles. The topological polar surface area (TPSA) is 184 Å². The Labute approximate surface area is 212 Å². The first kappa shape index (κ1) is 26.4. The number of hydrogen-bond acceptors (Lipinski definition) is 8. The molecule has 2 heterocycles. The van der Waals surface area contributed by atoms with Gasteiger partial charge in [0.1, 0.15) is 5.54 Å². The number of carboxylic acid groups (broad SMARTS) is 1. The van der Waals surface area contributed by atoms with Gasteiger partial charge in [-0.2, -0.15) is 0 Å². The maximum atomic E-state index is 13.1. The first-order valence-electron chi connectivity index (χ1n) is 11.5. The Kier molecular flexibility index (Phi) is 7.64. The molecule has 0 saturated carbocycles. The molecule has 1 atom stereocenters. The summed E-state index contributed by atoms with van der Waals surface area (Å²) in [5.74, 6) is -3.02. The summed E-state index contributed by atoms with van der Waals surface area (Å²) < 4.78 is 10.3. The van der Waals surface area contributed by atoms with Crippen molar-refractivity contribution in [2.75, 3.05) is 13.1 Å². The van der Waals surface area contributed by atoms with Gasteiger partial charge in [-0.05, 0) is 53.2 Å². The molecule has 12 nitrogen and oxygen atoms in total. The van der Waals surface area contributed by atoms with Crippen molar-refractivity contribution in [3.8, 4) is 0 Å². The van der Waals surface area contributed by atoms with E-state index in [1.54, 1.807) is 18.2 Å². The van der Waals surface area contributed by atoms with Gasteiger partial charge in [0.15, 0.2) is 0 Å². The molecular formula is C23H25B2N3O9. The molecule has 2 aromatic rings. The van der Waals surface area contributed by atoms with E-state index in [-0.39, 0.29) is 43.9 Å². The monoisotopic (exact) mass is 509 g/mol. The molecule has 192 valence electrons. The van der Waals surface area contributed by atoms with Crippen LogP contribution in [-0.4, -0.2) is 71.7 Å². The molecule has 0 fully saturated rings. The van der Waals surface area contributed by atoms with Gasteiger partial charge in [-0.25, -0.2) is 0 Å². The van der Waals surface area contributed by atoms with Crippen LogP contribution in [0.1, 0.15) is 45.2 Å². The molecule has 0 saturated heterocycles. The lowest BCUT2D eigenvalue weighted by Gasteiger charge is -2.30. The smallest absolute Gasteiger partial charge is 0.481 e. The van der Waals surface area contributed by atoms with Crippen LogP contribution < -0.4 is 26.9 Å². The van der Waals surface area contributed by atoms with E-state index in [1.165, 1.54) is 25.1 Å². The zero-order valence-corrected chi connectivity index (χ0v) is 19.9. The minimum atomic E-state index is -1.67. The van der Waals surface area contributed by atoms with Crippen LogP contribution in [-0.2, 0) is 32.1 Å². The Morgan fingerprint density at radius 3 is 1.97 bits per heavy atom. The van der Waals surface area contributed by atoms with Gasteiger partial charge in [-0.3, -0.25) is 19.2 Å². The molecule has 2 aromatic carbocycles. The quantitative estimate of drug-likeness (QED) is 0.201. The van der Waals surface area contributed by atoms with Gasteiger partial charge in [-0.1, -0.05) is 12.1 Å². The Hall–Kier alpha value is -3.71. The van der Waals surface area contributed by atoms with Crippen LogP contribution in [0.15, 0.2) is 36.4 Å². The van der Waals surface area contributed by atoms with E-state index < -0.39 is 43.5 Å². The molecule has 37 heavy (non-hydrogen) atoms. The van der Waals surface area contributed by atoms with Crippen LogP contribution in [0, 0.1) is 0 Å². The van der Waals surface area contributed by atoms with Crippen molar-refractivity contribution >= 4 is 48.9 Å². The lowest BCUT2D eigenvalue weighted by Crippen LogP contribution is -2.62. The van der Waals surface area contributed by atoms with Gasteiger partial charge in [0, 0.05) is 24.2 Å². The summed E-state index contributed by atoms with van der Waals surface area (Å²) in [6, 6.07) is 9.32. The molecule has 0 aromatic heterocycles.